The standard InChI is InChI=1S/C32H27NO/c1-32(2,3)20-21-8-10-22(11-9-21)25-14-15-33-29(18-25)26-12-13-30-27(17-26)28-16-23-6-4-5-7-24(23)19-31(28)34-30/h4-19H,20H2,1-3H3/i20D2. The summed E-state index contributed by atoms with van der Waals surface area (Å²) in [5.41, 5.74) is 5.96. The van der Waals surface area contributed by atoms with Crippen LogP contribution in [0.5, 0.6) is 0 Å². The van der Waals surface area contributed by atoms with Crippen molar-refractivity contribution in [3.05, 3.63) is 103 Å². The van der Waals surface area contributed by atoms with Crippen molar-refractivity contribution in [1.29, 1.82) is 0 Å². The van der Waals surface area contributed by atoms with Gasteiger partial charge < -0.3 is 4.42 Å². The molecule has 0 bridgehead atoms. The molecule has 0 radical (unpaired) electrons. The van der Waals surface area contributed by atoms with Gasteiger partial charge in [0.05, 0.1) is 5.69 Å². The van der Waals surface area contributed by atoms with Gasteiger partial charge in [0.1, 0.15) is 11.2 Å². The molecule has 0 fully saturated rings. The molecule has 2 aromatic heterocycles. The number of benzene rings is 4. The Morgan fingerprint density at radius 3 is 2.18 bits per heavy atom. The van der Waals surface area contributed by atoms with E-state index in [9.17, 15) is 0 Å². The Labute approximate surface area is 202 Å². The highest BCUT2D eigenvalue weighted by atomic mass is 16.3. The van der Waals surface area contributed by atoms with Crippen molar-refractivity contribution in [1.82, 2.24) is 4.98 Å². The second kappa shape index (κ2) is 7.85. The van der Waals surface area contributed by atoms with Crippen LogP contribution >= 0.6 is 0 Å². The third-order valence-electron chi connectivity index (χ3n) is 6.13. The van der Waals surface area contributed by atoms with E-state index >= 15 is 0 Å². The zero-order valence-electron chi connectivity index (χ0n) is 21.6. The molecule has 4 aromatic carbocycles. The highest BCUT2D eigenvalue weighted by Gasteiger charge is 2.13. The van der Waals surface area contributed by atoms with Crippen LogP contribution in [-0.2, 0) is 6.37 Å². The first-order chi connectivity index (χ1) is 17.2. The van der Waals surface area contributed by atoms with Crippen LogP contribution in [0.15, 0.2) is 102 Å². The van der Waals surface area contributed by atoms with E-state index in [1.165, 1.54) is 10.8 Å². The molecule has 0 atom stereocenters. The van der Waals surface area contributed by atoms with Gasteiger partial charge in [-0.15, -0.1) is 0 Å². The second-order valence-electron chi connectivity index (χ2n) is 9.89. The molecular weight excluding hydrogens is 414 g/mol. The lowest BCUT2D eigenvalue weighted by Crippen LogP contribution is -2.08. The van der Waals surface area contributed by atoms with Gasteiger partial charge in [0, 0.05) is 25.3 Å². The van der Waals surface area contributed by atoms with E-state index in [4.69, 9.17) is 7.16 Å². The van der Waals surface area contributed by atoms with E-state index < -0.39 is 11.8 Å². The minimum atomic E-state index is -1.41. The minimum Gasteiger partial charge on any atom is -0.456 e. The third-order valence-corrected chi connectivity index (χ3v) is 6.13. The lowest BCUT2D eigenvalue weighted by molar-refractivity contribution is 0.411. The lowest BCUT2D eigenvalue weighted by atomic mass is 9.87. The SMILES string of the molecule is [2H]C([2H])(c1ccc(-c2ccnc(-c3ccc4oc5cc6ccccc6cc5c4c3)c2)cc1)C(C)(C)C. The molecule has 2 nitrogen and oxygen atoms in total. The van der Waals surface area contributed by atoms with Crippen LogP contribution in [-0.4, -0.2) is 4.98 Å². The summed E-state index contributed by atoms with van der Waals surface area (Å²) in [6.07, 6.45) is 0.418. The van der Waals surface area contributed by atoms with E-state index in [2.05, 4.69) is 53.5 Å². The number of aromatic nitrogens is 1. The maximum Gasteiger partial charge on any atom is 0.136 e. The predicted molar refractivity (Wildman–Crippen MR) is 143 cm³/mol. The van der Waals surface area contributed by atoms with Crippen LogP contribution in [0, 0.1) is 5.41 Å². The van der Waals surface area contributed by atoms with Crippen LogP contribution in [0.3, 0.4) is 0 Å². The zero-order valence-corrected chi connectivity index (χ0v) is 19.6. The monoisotopic (exact) mass is 443 g/mol. The van der Waals surface area contributed by atoms with E-state index in [0.717, 1.165) is 44.3 Å². The van der Waals surface area contributed by atoms with Crippen LogP contribution in [0.2, 0.25) is 0 Å². The quantitative estimate of drug-likeness (QED) is 0.273. The zero-order chi connectivity index (χ0) is 25.1. The molecule has 0 unspecified atom stereocenters. The molecule has 6 aromatic rings. The van der Waals surface area contributed by atoms with Gasteiger partial charge in [-0.05, 0) is 81.7 Å². The van der Waals surface area contributed by atoms with Gasteiger partial charge in [-0.25, -0.2) is 0 Å². The molecule has 6 rings (SSSR count). The van der Waals surface area contributed by atoms with Crippen LogP contribution < -0.4 is 0 Å². The fraction of sp³-hybridized carbons (Fsp3) is 0.156. The molecule has 2 heteroatoms. The van der Waals surface area contributed by atoms with E-state index in [1.54, 1.807) is 0 Å². The Balaban J connectivity index is 1.39. The van der Waals surface area contributed by atoms with Crippen molar-refractivity contribution < 1.29 is 7.16 Å². The molecule has 34 heavy (non-hydrogen) atoms. The van der Waals surface area contributed by atoms with Crippen molar-refractivity contribution in [2.24, 2.45) is 5.41 Å². The summed E-state index contributed by atoms with van der Waals surface area (Å²) in [5.74, 6) is 0. The van der Waals surface area contributed by atoms with Crippen LogP contribution in [0.4, 0.5) is 0 Å². The Morgan fingerprint density at radius 1 is 0.706 bits per heavy atom. The van der Waals surface area contributed by atoms with Gasteiger partial charge in [0.15, 0.2) is 0 Å². The average Bonchev–Trinajstić information content (AvgIpc) is 3.23. The van der Waals surface area contributed by atoms with E-state index in [0.29, 0.717) is 5.56 Å². The van der Waals surface area contributed by atoms with Crippen LogP contribution in [0.1, 0.15) is 29.1 Å². The largest absolute Gasteiger partial charge is 0.456 e. The first-order valence-corrected chi connectivity index (χ1v) is 11.6. The van der Waals surface area contributed by atoms with Gasteiger partial charge in [-0.3, -0.25) is 4.98 Å². The molecule has 0 amide bonds. The number of pyridine rings is 1. The number of fused-ring (bicyclic) bond motifs is 4. The smallest absolute Gasteiger partial charge is 0.136 e. The Hall–Kier alpha value is -3.91. The Bertz CT molecular complexity index is 1740. The van der Waals surface area contributed by atoms with Gasteiger partial charge in [-0.1, -0.05) is 69.3 Å². The normalized spacial score (nSPS) is 13.4. The van der Waals surface area contributed by atoms with E-state index in [-0.39, 0.29) is 0 Å². The summed E-state index contributed by atoms with van der Waals surface area (Å²) >= 11 is 0. The Kier molecular flexibility index (Phi) is 4.27. The van der Waals surface area contributed by atoms with Crippen molar-refractivity contribution in [2.75, 3.05) is 0 Å². The number of hydrogen-bond acceptors (Lipinski definition) is 2. The maximum atomic E-state index is 8.54. The van der Waals surface area contributed by atoms with Gasteiger partial charge >= 0.3 is 0 Å². The Morgan fingerprint density at radius 2 is 1.41 bits per heavy atom. The first-order valence-electron chi connectivity index (χ1n) is 12.6. The predicted octanol–water partition coefficient (Wildman–Crippen LogP) is 9.06. The van der Waals surface area contributed by atoms with Crippen molar-refractivity contribution in [3.63, 3.8) is 0 Å². The third kappa shape index (κ3) is 3.86. The average molecular weight is 444 g/mol. The highest BCUT2D eigenvalue weighted by Crippen LogP contribution is 2.35. The number of furan rings is 1. The number of hydrogen-bond donors (Lipinski definition) is 0. The van der Waals surface area contributed by atoms with Gasteiger partial charge in [0.2, 0.25) is 0 Å². The summed E-state index contributed by atoms with van der Waals surface area (Å²) in [5, 5.41) is 4.54. The molecule has 0 spiro atoms. The molecule has 166 valence electrons. The number of rotatable bonds is 3. The molecule has 0 saturated heterocycles. The molecule has 0 N–H and O–H groups in total. The first kappa shape index (κ1) is 18.5. The fourth-order valence-electron chi connectivity index (χ4n) is 4.57. The molecule has 0 aliphatic rings. The van der Waals surface area contributed by atoms with Gasteiger partial charge in [0.25, 0.3) is 0 Å². The van der Waals surface area contributed by atoms with Crippen molar-refractivity contribution in [2.45, 2.75) is 27.1 Å². The summed E-state index contributed by atoms with van der Waals surface area (Å²) in [4.78, 5) is 4.65. The molecule has 2 heterocycles. The molecule has 0 aliphatic heterocycles. The van der Waals surface area contributed by atoms with Crippen LogP contribution in [0.25, 0.3) is 55.1 Å². The molecule has 0 aliphatic carbocycles. The fourth-order valence-corrected chi connectivity index (χ4v) is 4.57. The summed E-state index contributed by atoms with van der Waals surface area (Å²) in [7, 11) is 0. The van der Waals surface area contributed by atoms with Crippen molar-refractivity contribution in [3.8, 4) is 22.4 Å². The molecular formula is C32H27NO. The number of nitrogens with zero attached hydrogens (tertiary/aromatic N) is 1. The summed E-state index contributed by atoms with van der Waals surface area (Å²) in [6, 6.07) is 30.7. The summed E-state index contributed by atoms with van der Waals surface area (Å²) < 4.78 is 23.2. The minimum absolute atomic E-state index is 0.486. The molecule has 0 saturated carbocycles. The van der Waals surface area contributed by atoms with Crippen molar-refractivity contribution >= 4 is 32.7 Å². The van der Waals surface area contributed by atoms with E-state index in [1.807, 2.05) is 69.4 Å². The maximum absolute atomic E-state index is 8.54. The topological polar surface area (TPSA) is 26.0 Å². The van der Waals surface area contributed by atoms with Gasteiger partial charge in [-0.2, -0.15) is 0 Å². The lowest BCUT2D eigenvalue weighted by Gasteiger charge is -2.18. The second-order valence-corrected chi connectivity index (χ2v) is 9.89. The highest BCUT2D eigenvalue weighted by molar-refractivity contribution is 6.10. The summed E-state index contributed by atoms with van der Waals surface area (Å²) in [6.45, 7) is 5.79.